The van der Waals surface area contributed by atoms with Crippen LogP contribution in [-0.4, -0.2) is 23.2 Å². The van der Waals surface area contributed by atoms with Gasteiger partial charge in [0.05, 0.1) is 0 Å². The van der Waals surface area contributed by atoms with Crippen molar-refractivity contribution in [1.29, 1.82) is 0 Å². The molecule has 2 N–H and O–H groups in total. The fraction of sp³-hybridized carbons (Fsp3) is 0.778. The van der Waals surface area contributed by atoms with Crippen LogP contribution < -0.4 is 10.9 Å². The molecule has 4 rings (SSSR count). The molecule has 4 saturated carbocycles. The largest absolute Gasteiger partial charge is 0.273 e. The van der Waals surface area contributed by atoms with Crippen molar-refractivity contribution < 1.29 is 9.59 Å². The Hall–Kier alpha value is -1.72. The van der Waals surface area contributed by atoms with E-state index in [-0.39, 0.29) is 24.7 Å². The van der Waals surface area contributed by atoms with Gasteiger partial charge in [0.25, 0.3) is 0 Å². The van der Waals surface area contributed by atoms with Gasteiger partial charge in [-0.15, -0.1) is 0 Å². The summed E-state index contributed by atoms with van der Waals surface area (Å²) in [5.74, 6) is 2.34. The molecule has 0 heterocycles. The lowest BCUT2D eigenvalue weighted by molar-refractivity contribution is -0.126. The minimum Gasteiger partial charge on any atom is -0.273 e. The van der Waals surface area contributed by atoms with Crippen molar-refractivity contribution in [2.75, 3.05) is 0 Å². The molecular formula is C18H26N4O2. The van der Waals surface area contributed by atoms with Crippen LogP contribution in [0.4, 0.5) is 0 Å². The minimum atomic E-state index is -0.187. The molecule has 0 saturated heterocycles. The molecule has 2 amide bonds. The average Bonchev–Trinajstić information content (AvgIpc) is 3.36. The summed E-state index contributed by atoms with van der Waals surface area (Å²) in [6.07, 6.45) is 9.90. The van der Waals surface area contributed by atoms with E-state index in [1.807, 2.05) is 0 Å². The number of carbonyl (C=O) groups is 2. The third-order valence-electron chi connectivity index (χ3n) is 6.25. The summed E-state index contributed by atoms with van der Waals surface area (Å²) in [6, 6.07) is 0. The molecule has 6 nitrogen and oxygen atoms in total. The van der Waals surface area contributed by atoms with E-state index in [1.54, 1.807) is 0 Å². The van der Waals surface area contributed by atoms with Gasteiger partial charge >= 0.3 is 0 Å². The molecule has 6 heteroatoms. The van der Waals surface area contributed by atoms with Crippen LogP contribution in [0, 0.1) is 23.7 Å². The summed E-state index contributed by atoms with van der Waals surface area (Å²) in [7, 11) is 0. The second-order valence-corrected chi connectivity index (χ2v) is 7.94. The number of nitrogens with one attached hydrogen (secondary N) is 2. The first-order valence-corrected chi connectivity index (χ1v) is 9.38. The number of nitrogens with zero attached hydrogens (tertiary/aromatic N) is 2. The molecule has 24 heavy (non-hydrogen) atoms. The standard InChI is InChI=1S/C18H26N4O2/c23-17(21-19-15-9-11-1-3-13(15)7-11)5-6-18(24)22-20-16-10-12-2-4-14(16)8-12/h11-14H,1-10H2,(H,21,23)(H,22,24)/b19-15-,20-16-/t11-,12+,13-,14+. The average molecular weight is 330 g/mol. The van der Waals surface area contributed by atoms with Crippen LogP contribution in [-0.2, 0) is 9.59 Å². The van der Waals surface area contributed by atoms with Gasteiger partial charge in [0, 0.05) is 24.3 Å². The van der Waals surface area contributed by atoms with Crippen LogP contribution in [0.25, 0.3) is 0 Å². The van der Waals surface area contributed by atoms with Gasteiger partial charge in [0.2, 0.25) is 11.8 Å². The predicted octanol–water partition coefficient (Wildman–Crippen LogP) is 2.35. The maximum atomic E-state index is 11.8. The highest BCUT2D eigenvalue weighted by molar-refractivity contribution is 5.92. The molecule has 4 aliphatic carbocycles. The van der Waals surface area contributed by atoms with Crippen molar-refractivity contribution in [3.63, 3.8) is 0 Å². The summed E-state index contributed by atoms with van der Waals surface area (Å²) in [6.45, 7) is 0. The van der Waals surface area contributed by atoms with Gasteiger partial charge in [0.1, 0.15) is 0 Å². The van der Waals surface area contributed by atoms with Crippen LogP contribution in [0.2, 0.25) is 0 Å². The van der Waals surface area contributed by atoms with Gasteiger partial charge in [-0.2, -0.15) is 10.2 Å². The topological polar surface area (TPSA) is 82.9 Å². The lowest BCUT2D eigenvalue weighted by atomic mass is 9.99. The van der Waals surface area contributed by atoms with Crippen molar-refractivity contribution in [2.45, 2.75) is 64.2 Å². The molecule has 130 valence electrons. The molecule has 0 spiro atoms. The molecule has 0 aromatic carbocycles. The van der Waals surface area contributed by atoms with Gasteiger partial charge in [0.15, 0.2) is 0 Å². The Morgan fingerprint density at radius 1 is 0.792 bits per heavy atom. The fourth-order valence-electron chi connectivity index (χ4n) is 4.93. The van der Waals surface area contributed by atoms with E-state index in [0.29, 0.717) is 11.8 Å². The highest BCUT2D eigenvalue weighted by Gasteiger charge is 2.37. The maximum absolute atomic E-state index is 11.8. The zero-order chi connectivity index (χ0) is 16.5. The molecule has 0 aromatic heterocycles. The first-order chi connectivity index (χ1) is 11.7. The van der Waals surface area contributed by atoms with Crippen LogP contribution in [0.15, 0.2) is 10.2 Å². The van der Waals surface area contributed by atoms with Crippen LogP contribution in [0.3, 0.4) is 0 Å². The van der Waals surface area contributed by atoms with E-state index in [0.717, 1.165) is 36.1 Å². The predicted molar refractivity (Wildman–Crippen MR) is 91.3 cm³/mol. The summed E-state index contributed by atoms with van der Waals surface area (Å²) in [5.41, 5.74) is 7.52. The number of hydrogen-bond acceptors (Lipinski definition) is 4. The van der Waals surface area contributed by atoms with E-state index in [9.17, 15) is 9.59 Å². The van der Waals surface area contributed by atoms with E-state index in [4.69, 9.17) is 0 Å². The maximum Gasteiger partial charge on any atom is 0.240 e. The molecule has 0 unspecified atom stereocenters. The second-order valence-electron chi connectivity index (χ2n) is 7.94. The normalized spacial score (nSPS) is 36.7. The Labute approximate surface area is 142 Å². The number of fused-ring (bicyclic) bond motifs is 4. The summed E-state index contributed by atoms with van der Waals surface area (Å²) < 4.78 is 0. The van der Waals surface area contributed by atoms with Crippen LogP contribution in [0.5, 0.6) is 0 Å². The van der Waals surface area contributed by atoms with Crippen molar-refractivity contribution in [3.05, 3.63) is 0 Å². The zero-order valence-electron chi connectivity index (χ0n) is 14.1. The fourth-order valence-corrected chi connectivity index (χ4v) is 4.93. The third kappa shape index (κ3) is 3.37. The SMILES string of the molecule is O=C(CCC(=O)N/N=C1/C[C@H]2CC[C@H]1C2)N/N=C1/C[C@@H]2CC[C@@H]1C2. The lowest BCUT2D eigenvalue weighted by Crippen LogP contribution is -2.25. The number of hydrazone groups is 2. The molecule has 4 aliphatic rings. The van der Waals surface area contributed by atoms with E-state index < -0.39 is 0 Å². The Kier molecular flexibility index (Phi) is 4.37. The molecule has 0 aromatic rings. The Morgan fingerprint density at radius 2 is 1.25 bits per heavy atom. The molecule has 4 bridgehead atoms. The number of hydrogen-bond donors (Lipinski definition) is 2. The highest BCUT2D eigenvalue weighted by Crippen LogP contribution is 2.43. The van der Waals surface area contributed by atoms with Gasteiger partial charge in [-0.05, 0) is 75.0 Å². The van der Waals surface area contributed by atoms with Crippen LogP contribution in [0.1, 0.15) is 64.2 Å². The number of rotatable bonds is 5. The van der Waals surface area contributed by atoms with Crippen LogP contribution >= 0.6 is 0 Å². The smallest absolute Gasteiger partial charge is 0.240 e. The van der Waals surface area contributed by atoms with E-state index >= 15 is 0 Å². The Balaban J connectivity index is 1.17. The molecule has 0 aliphatic heterocycles. The minimum absolute atomic E-state index is 0.160. The first kappa shape index (κ1) is 15.8. The number of carbonyl (C=O) groups excluding carboxylic acids is 2. The summed E-state index contributed by atoms with van der Waals surface area (Å²) >= 11 is 0. The van der Waals surface area contributed by atoms with Gasteiger partial charge in [-0.3, -0.25) is 9.59 Å². The highest BCUT2D eigenvalue weighted by atomic mass is 16.2. The summed E-state index contributed by atoms with van der Waals surface area (Å²) in [5, 5.41) is 8.55. The van der Waals surface area contributed by atoms with Gasteiger partial charge in [-0.25, -0.2) is 10.9 Å². The van der Waals surface area contributed by atoms with Crippen molar-refractivity contribution in [2.24, 2.45) is 33.9 Å². The van der Waals surface area contributed by atoms with Gasteiger partial charge < -0.3 is 0 Å². The van der Waals surface area contributed by atoms with Crippen molar-refractivity contribution in [3.8, 4) is 0 Å². The molecule has 4 fully saturated rings. The Morgan fingerprint density at radius 3 is 1.58 bits per heavy atom. The van der Waals surface area contributed by atoms with Gasteiger partial charge in [-0.1, -0.05) is 0 Å². The van der Waals surface area contributed by atoms with E-state index in [2.05, 4.69) is 21.1 Å². The molecule has 4 atom stereocenters. The first-order valence-electron chi connectivity index (χ1n) is 9.38. The number of amides is 2. The summed E-state index contributed by atoms with van der Waals surface area (Å²) in [4.78, 5) is 23.7. The lowest BCUT2D eigenvalue weighted by Gasteiger charge is -2.12. The monoisotopic (exact) mass is 330 g/mol. The molecular weight excluding hydrogens is 304 g/mol. The molecule has 0 radical (unpaired) electrons. The van der Waals surface area contributed by atoms with E-state index in [1.165, 1.54) is 38.5 Å². The Bertz CT molecular complexity index is 546. The quantitative estimate of drug-likeness (QED) is 0.759. The second kappa shape index (κ2) is 6.65. The zero-order valence-corrected chi connectivity index (χ0v) is 14.1. The third-order valence-corrected chi connectivity index (χ3v) is 6.25. The van der Waals surface area contributed by atoms with Crippen molar-refractivity contribution in [1.82, 2.24) is 10.9 Å². The van der Waals surface area contributed by atoms with Crippen molar-refractivity contribution >= 4 is 23.2 Å².